The van der Waals surface area contributed by atoms with E-state index in [0.29, 0.717) is 17.1 Å². The summed E-state index contributed by atoms with van der Waals surface area (Å²) in [6, 6.07) is 12.1. The molecule has 0 fully saturated rings. The zero-order valence-corrected chi connectivity index (χ0v) is 14.2. The highest BCUT2D eigenvalue weighted by molar-refractivity contribution is 5.97. The predicted octanol–water partition coefficient (Wildman–Crippen LogP) is 3.58. The Bertz CT molecular complexity index is 751. The molecule has 0 radical (unpaired) electrons. The van der Waals surface area contributed by atoms with E-state index in [0.717, 1.165) is 5.56 Å². The highest BCUT2D eigenvalue weighted by Gasteiger charge is 2.20. The first-order valence-electron chi connectivity index (χ1n) is 7.54. The van der Waals surface area contributed by atoms with Crippen molar-refractivity contribution < 1.29 is 23.8 Å². The molecule has 2 rings (SSSR count). The Balaban J connectivity index is 2.14. The lowest BCUT2D eigenvalue weighted by Gasteiger charge is -2.15. The fourth-order valence-electron chi connectivity index (χ4n) is 2.14. The van der Waals surface area contributed by atoms with E-state index in [1.54, 1.807) is 25.1 Å². The number of rotatable bonds is 6. The summed E-state index contributed by atoms with van der Waals surface area (Å²) < 4.78 is 16.1. The quantitative estimate of drug-likeness (QED) is 0.461. The average Bonchev–Trinajstić information content (AvgIpc) is 2.54. The number of Topliss-reactive ketones (excluding diaryl/α,β-unsaturated/α-hetero) is 1. The molecule has 0 aliphatic heterocycles. The second-order valence-corrected chi connectivity index (χ2v) is 5.42. The van der Waals surface area contributed by atoms with Gasteiger partial charge < -0.3 is 14.2 Å². The molecule has 0 aliphatic carbocycles. The lowest BCUT2D eigenvalue weighted by molar-refractivity contribution is -0.141. The number of ether oxygens (including phenoxy) is 3. The molecule has 24 heavy (non-hydrogen) atoms. The molecule has 0 heterocycles. The maximum absolute atomic E-state index is 12.3. The largest absolute Gasteiger partial charge is 0.497 e. The molecule has 0 N–H and O–H groups in total. The third-order valence-corrected chi connectivity index (χ3v) is 3.41. The van der Waals surface area contributed by atoms with Gasteiger partial charge in [0, 0.05) is 6.07 Å². The molecule has 5 nitrogen and oxygen atoms in total. The SMILES string of the molecule is COc1ccc(C(C)=O)c(OC(=O)[C@@H](C)Oc2cccc(C)c2)c1. The van der Waals surface area contributed by atoms with E-state index in [-0.39, 0.29) is 11.5 Å². The zero-order valence-electron chi connectivity index (χ0n) is 14.2. The van der Waals surface area contributed by atoms with E-state index in [4.69, 9.17) is 14.2 Å². The number of benzene rings is 2. The van der Waals surface area contributed by atoms with Crippen LogP contribution in [0.25, 0.3) is 0 Å². The standard InChI is InChI=1S/C19H20O5/c1-12-6-5-7-16(10-12)23-14(3)19(21)24-18-11-15(22-4)8-9-17(18)13(2)20/h5-11,14H,1-4H3/t14-/m1/s1. The smallest absolute Gasteiger partial charge is 0.352 e. The minimum Gasteiger partial charge on any atom is -0.497 e. The number of carbonyl (C=O) groups excluding carboxylic acids is 2. The fraction of sp³-hybridized carbons (Fsp3) is 0.263. The zero-order chi connectivity index (χ0) is 17.7. The first-order valence-corrected chi connectivity index (χ1v) is 7.54. The maximum atomic E-state index is 12.3. The molecule has 0 aliphatic rings. The molecular weight excluding hydrogens is 308 g/mol. The molecule has 0 amide bonds. The van der Waals surface area contributed by atoms with Crippen LogP contribution in [0.4, 0.5) is 0 Å². The number of ketones is 1. The Morgan fingerprint density at radius 3 is 2.42 bits per heavy atom. The van der Waals surface area contributed by atoms with Gasteiger partial charge in [0.25, 0.3) is 0 Å². The predicted molar refractivity (Wildman–Crippen MR) is 89.9 cm³/mol. The summed E-state index contributed by atoms with van der Waals surface area (Å²) >= 11 is 0. The second-order valence-electron chi connectivity index (χ2n) is 5.42. The summed E-state index contributed by atoms with van der Waals surface area (Å²) in [5.74, 6) is 0.443. The van der Waals surface area contributed by atoms with Crippen molar-refractivity contribution in [2.75, 3.05) is 7.11 Å². The second kappa shape index (κ2) is 7.64. The van der Waals surface area contributed by atoms with Crippen LogP contribution in [-0.2, 0) is 4.79 Å². The summed E-state index contributed by atoms with van der Waals surface area (Å²) in [6.07, 6.45) is -0.821. The van der Waals surface area contributed by atoms with Gasteiger partial charge in [0.2, 0.25) is 0 Å². The van der Waals surface area contributed by atoms with E-state index in [1.165, 1.54) is 20.1 Å². The van der Waals surface area contributed by atoms with Crippen LogP contribution in [0.15, 0.2) is 42.5 Å². The van der Waals surface area contributed by atoms with E-state index in [9.17, 15) is 9.59 Å². The van der Waals surface area contributed by atoms with E-state index < -0.39 is 12.1 Å². The van der Waals surface area contributed by atoms with Crippen LogP contribution in [0.5, 0.6) is 17.2 Å². The molecule has 126 valence electrons. The fourth-order valence-corrected chi connectivity index (χ4v) is 2.14. The number of carbonyl (C=O) groups is 2. The van der Waals surface area contributed by atoms with Gasteiger partial charge in [-0.05, 0) is 50.6 Å². The third-order valence-electron chi connectivity index (χ3n) is 3.41. The Morgan fingerprint density at radius 2 is 1.79 bits per heavy atom. The van der Waals surface area contributed by atoms with Gasteiger partial charge in [-0.3, -0.25) is 4.79 Å². The van der Waals surface area contributed by atoms with Crippen LogP contribution < -0.4 is 14.2 Å². The molecule has 0 bridgehead atoms. The summed E-state index contributed by atoms with van der Waals surface area (Å²) in [6.45, 7) is 4.94. The van der Waals surface area contributed by atoms with Crippen LogP contribution in [0.2, 0.25) is 0 Å². The first kappa shape index (κ1) is 17.5. The van der Waals surface area contributed by atoms with Crippen LogP contribution in [0, 0.1) is 6.92 Å². The highest BCUT2D eigenvalue weighted by Crippen LogP contribution is 2.26. The summed E-state index contributed by atoms with van der Waals surface area (Å²) in [5.41, 5.74) is 1.34. The van der Waals surface area contributed by atoms with Gasteiger partial charge in [0.1, 0.15) is 17.2 Å². The molecular formula is C19H20O5. The Morgan fingerprint density at radius 1 is 1.04 bits per heavy atom. The van der Waals surface area contributed by atoms with Crippen molar-refractivity contribution in [2.45, 2.75) is 26.9 Å². The highest BCUT2D eigenvalue weighted by atomic mass is 16.6. The van der Waals surface area contributed by atoms with Crippen molar-refractivity contribution in [1.29, 1.82) is 0 Å². The van der Waals surface area contributed by atoms with E-state index in [1.807, 2.05) is 25.1 Å². The van der Waals surface area contributed by atoms with Gasteiger partial charge in [0.05, 0.1) is 12.7 Å². The van der Waals surface area contributed by atoms with Crippen LogP contribution >= 0.6 is 0 Å². The molecule has 5 heteroatoms. The summed E-state index contributed by atoms with van der Waals surface area (Å²) in [7, 11) is 1.50. The maximum Gasteiger partial charge on any atom is 0.352 e. The molecule has 2 aromatic rings. The van der Waals surface area contributed by atoms with Crippen molar-refractivity contribution in [2.24, 2.45) is 0 Å². The molecule has 0 saturated heterocycles. The Hall–Kier alpha value is -2.82. The normalized spacial score (nSPS) is 11.5. The Labute approximate surface area is 141 Å². The van der Waals surface area contributed by atoms with Crippen molar-refractivity contribution in [1.82, 2.24) is 0 Å². The lowest BCUT2D eigenvalue weighted by atomic mass is 10.1. The van der Waals surface area contributed by atoms with Crippen LogP contribution in [-0.4, -0.2) is 25.0 Å². The lowest BCUT2D eigenvalue weighted by Crippen LogP contribution is -2.29. The van der Waals surface area contributed by atoms with Crippen LogP contribution in [0.1, 0.15) is 29.8 Å². The first-order chi connectivity index (χ1) is 11.4. The molecule has 0 unspecified atom stereocenters. The molecule has 2 aromatic carbocycles. The number of aryl methyl sites for hydroxylation is 1. The molecule has 1 atom stereocenters. The van der Waals surface area contributed by atoms with Crippen LogP contribution in [0.3, 0.4) is 0 Å². The molecule has 0 saturated carbocycles. The topological polar surface area (TPSA) is 61.8 Å². The minimum atomic E-state index is -0.821. The van der Waals surface area contributed by atoms with Crippen molar-refractivity contribution >= 4 is 11.8 Å². The van der Waals surface area contributed by atoms with Gasteiger partial charge in [-0.25, -0.2) is 4.79 Å². The van der Waals surface area contributed by atoms with Gasteiger partial charge in [-0.2, -0.15) is 0 Å². The number of hydrogen-bond acceptors (Lipinski definition) is 5. The van der Waals surface area contributed by atoms with Crippen molar-refractivity contribution in [3.63, 3.8) is 0 Å². The van der Waals surface area contributed by atoms with E-state index in [2.05, 4.69) is 0 Å². The molecule has 0 spiro atoms. The molecule has 0 aromatic heterocycles. The van der Waals surface area contributed by atoms with Gasteiger partial charge >= 0.3 is 5.97 Å². The average molecular weight is 328 g/mol. The number of methoxy groups -OCH3 is 1. The summed E-state index contributed by atoms with van der Waals surface area (Å²) in [4.78, 5) is 24.0. The van der Waals surface area contributed by atoms with Gasteiger partial charge in [0.15, 0.2) is 11.9 Å². The minimum absolute atomic E-state index is 0.159. The monoisotopic (exact) mass is 328 g/mol. The van der Waals surface area contributed by atoms with Crippen molar-refractivity contribution in [3.8, 4) is 17.2 Å². The number of esters is 1. The summed E-state index contributed by atoms with van der Waals surface area (Å²) in [5, 5.41) is 0. The Kier molecular flexibility index (Phi) is 5.58. The van der Waals surface area contributed by atoms with Crippen molar-refractivity contribution in [3.05, 3.63) is 53.6 Å². The number of hydrogen-bond donors (Lipinski definition) is 0. The van der Waals surface area contributed by atoms with E-state index >= 15 is 0 Å². The van der Waals surface area contributed by atoms with Gasteiger partial charge in [-0.1, -0.05) is 12.1 Å². The third kappa shape index (κ3) is 4.35. The van der Waals surface area contributed by atoms with Gasteiger partial charge in [-0.15, -0.1) is 0 Å².